The summed E-state index contributed by atoms with van der Waals surface area (Å²) < 4.78 is 6.98. The van der Waals surface area contributed by atoms with Crippen LogP contribution in [0.5, 0.6) is 0 Å². The number of hydrogen-bond donors (Lipinski definition) is 0. The van der Waals surface area contributed by atoms with Crippen molar-refractivity contribution in [2.45, 2.75) is 6.42 Å². The minimum atomic E-state index is 0.506. The fraction of sp³-hybridized carbons (Fsp3) is 0.750. The number of hydrogen-bond acceptors (Lipinski definition) is 2. The fourth-order valence-electron chi connectivity index (χ4n) is 0.353. The maximum atomic E-state index is 6.98. The van der Waals surface area contributed by atoms with Crippen molar-refractivity contribution in [2.75, 3.05) is 12.3 Å². The molecule has 34 valence electrons. The minimum absolute atomic E-state index is 0.506. The van der Waals surface area contributed by atoms with Gasteiger partial charge in [0.05, 0.1) is 6.89 Å². The highest BCUT2D eigenvalue weighted by atomic mass is 32.2. The zero-order valence-corrected chi connectivity index (χ0v) is 4.29. The number of aliphatic imine (C=N–C) groups is 1. The lowest BCUT2D eigenvalue weighted by molar-refractivity contribution is 0.944. The van der Waals surface area contributed by atoms with E-state index in [4.69, 9.17) is 1.37 Å². The van der Waals surface area contributed by atoms with E-state index in [1.165, 1.54) is 11.8 Å². The van der Waals surface area contributed by atoms with Gasteiger partial charge in [-0.2, -0.15) is 0 Å². The quantitative estimate of drug-likeness (QED) is 0.447. The Labute approximate surface area is 43.3 Å². The van der Waals surface area contributed by atoms with E-state index in [0.29, 0.717) is 5.52 Å². The Bertz CT molecular complexity index is 91.7. The largest absolute Gasteiger partial charge is 0.286 e. The highest BCUT2D eigenvalue weighted by Gasteiger charge is 1.88. The van der Waals surface area contributed by atoms with Crippen LogP contribution in [0.15, 0.2) is 4.99 Å². The predicted octanol–water partition coefficient (Wildman–Crippen LogP) is 1.15. The molecule has 0 amide bonds. The smallest absolute Gasteiger partial charge is 0.0912 e. The number of thioether (sulfide) groups is 1. The van der Waals surface area contributed by atoms with Crippen molar-refractivity contribution < 1.29 is 1.37 Å². The zero-order valence-electron chi connectivity index (χ0n) is 4.48. The van der Waals surface area contributed by atoms with Crippen molar-refractivity contribution in [1.82, 2.24) is 0 Å². The Hall–Kier alpha value is 0.0200. The maximum Gasteiger partial charge on any atom is 0.0912 e. The van der Waals surface area contributed by atoms with Crippen LogP contribution in [0.1, 0.15) is 7.79 Å². The average molecular weight is 102 g/mol. The highest BCUT2D eigenvalue weighted by Crippen LogP contribution is 2.02. The van der Waals surface area contributed by atoms with E-state index in [1.54, 1.807) is 0 Å². The Morgan fingerprint density at radius 2 is 3.00 bits per heavy atom. The third-order valence-electron chi connectivity index (χ3n) is 0.645. The first kappa shape index (κ1) is 3.08. The molecule has 1 aliphatic heterocycles. The maximum absolute atomic E-state index is 6.98. The van der Waals surface area contributed by atoms with E-state index < -0.39 is 0 Å². The molecule has 2 heteroatoms. The van der Waals surface area contributed by atoms with Gasteiger partial charge < -0.3 is 0 Å². The monoisotopic (exact) mass is 102 g/mol. The molecule has 0 fully saturated rings. The van der Waals surface area contributed by atoms with Crippen LogP contribution in [-0.2, 0) is 0 Å². The molecule has 0 saturated heterocycles. The molecule has 0 atom stereocenters. The van der Waals surface area contributed by atoms with Crippen molar-refractivity contribution >= 4 is 17.3 Å². The molecule has 6 heavy (non-hydrogen) atoms. The first-order chi connectivity index (χ1) is 3.39. The molecule has 0 spiro atoms. The van der Waals surface area contributed by atoms with E-state index in [-0.39, 0.29) is 0 Å². The van der Waals surface area contributed by atoms with Crippen LogP contribution in [0.25, 0.3) is 0 Å². The molecule has 0 aliphatic carbocycles. The molecule has 0 radical (unpaired) electrons. The molecule has 0 unspecified atom stereocenters. The second-order valence-corrected chi connectivity index (χ2v) is 2.05. The van der Waals surface area contributed by atoms with Crippen molar-refractivity contribution in [1.29, 1.82) is 0 Å². The lowest BCUT2D eigenvalue weighted by atomic mass is 10.5. The van der Waals surface area contributed by atoms with Crippen molar-refractivity contribution in [2.24, 2.45) is 4.99 Å². The van der Waals surface area contributed by atoms with Crippen LogP contribution >= 0.6 is 11.8 Å². The van der Waals surface area contributed by atoms with Crippen LogP contribution in [0, 0.1) is 0 Å². The van der Waals surface area contributed by atoms with Gasteiger partial charge in [-0.1, -0.05) is 0 Å². The van der Waals surface area contributed by atoms with Crippen molar-refractivity contribution in [3.8, 4) is 0 Å². The van der Waals surface area contributed by atoms with E-state index in [2.05, 4.69) is 4.99 Å². The third kappa shape index (κ3) is 1.01. The fourth-order valence-corrected chi connectivity index (χ4v) is 0.900. The molecule has 1 rings (SSSR count). The molecule has 0 aromatic carbocycles. The summed E-state index contributed by atoms with van der Waals surface area (Å²) in [7, 11) is 0. The zero-order chi connectivity index (χ0) is 5.11. The number of rotatable bonds is 0. The van der Waals surface area contributed by atoms with Gasteiger partial charge in [0.1, 0.15) is 0 Å². The van der Waals surface area contributed by atoms with Crippen LogP contribution in [-0.4, -0.2) is 17.8 Å². The van der Waals surface area contributed by atoms with Crippen molar-refractivity contribution in [3.05, 3.63) is 0 Å². The van der Waals surface area contributed by atoms with Gasteiger partial charge in [0.15, 0.2) is 0 Å². The van der Waals surface area contributed by atoms with Gasteiger partial charge in [-0.05, 0) is 6.42 Å². The van der Waals surface area contributed by atoms with Gasteiger partial charge in [0.2, 0.25) is 0 Å². The van der Waals surface area contributed by atoms with Crippen LogP contribution in [0.4, 0.5) is 0 Å². The first-order valence-electron chi connectivity index (χ1n) is 2.53. The Kier molecular flexibility index (Phi) is 1.15. The Morgan fingerprint density at radius 1 is 2.00 bits per heavy atom. The molecule has 0 bridgehead atoms. The lowest BCUT2D eigenvalue weighted by Gasteiger charge is -1.97. The topological polar surface area (TPSA) is 12.4 Å². The van der Waals surface area contributed by atoms with Crippen LogP contribution in [0.2, 0.25) is 0 Å². The lowest BCUT2D eigenvalue weighted by Crippen LogP contribution is -1.89. The van der Waals surface area contributed by atoms with Crippen molar-refractivity contribution in [3.63, 3.8) is 0 Å². The number of nitrogens with zero attached hydrogens (tertiary/aromatic N) is 1. The molecule has 0 aromatic rings. The molecular weight excluding hydrogens is 94.1 g/mol. The summed E-state index contributed by atoms with van der Waals surface area (Å²) >= 11 is 1.53. The van der Waals surface area contributed by atoms with Gasteiger partial charge in [-0.3, -0.25) is 4.99 Å². The van der Waals surface area contributed by atoms with Crippen LogP contribution < -0.4 is 0 Å². The standard InChI is InChI=1S/C4H7NS/c1-2-5-4-6-3-1/h4H,1-3H2/i4D. The SMILES string of the molecule is [2H]C1=NCCCS1. The third-order valence-corrected chi connectivity index (χ3v) is 1.40. The highest BCUT2D eigenvalue weighted by molar-refractivity contribution is 8.12. The molecular formula is C4H7NS. The molecule has 0 saturated carbocycles. The van der Waals surface area contributed by atoms with E-state index in [9.17, 15) is 0 Å². The van der Waals surface area contributed by atoms with E-state index in [1.807, 2.05) is 0 Å². The summed E-state index contributed by atoms with van der Waals surface area (Å²) in [5.74, 6) is 1.09. The molecule has 0 N–H and O–H groups in total. The van der Waals surface area contributed by atoms with E-state index in [0.717, 1.165) is 18.7 Å². The summed E-state index contributed by atoms with van der Waals surface area (Å²) in [5.41, 5.74) is 0.506. The Balaban J connectivity index is 2.40. The summed E-state index contributed by atoms with van der Waals surface area (Å²) in [6.45, 7) is 0.867. The van der Waals surface area contributed by atoms with Gasteiger partial charge in [0.25, 0.3) is 0 Å². The molecule has 1 heterocycles. The Morgan fingerprint density at radius 3 is 3.33 bits per heavy atom. The predicted molar refractivity (Wildman–Crippen MR) is 30.4 cm³/mol. The van der Waals surface area contributed by atoms with E-state index >= 15 is 0 Å². The molecule has 1 aliphatic rings. The molecule has 1 nitrogen and oxygen atoms in total. The summed E-state index contributed by atoms with van der Waals surface area (Å²) in [5, 5.41) is 0. The van der Waals surface area contributed by atoms with Gasteiger partial charge in [-0.25, -0.2) is 0 Å². The van der Waals surface area contributed by atoms with Gasteiger partial charge >= 0.3 is 0 Å². The second kappa shape index (κ2) is 2.24. The second-order valence-electron chi connectivity index (χ2n) is 1.18. The van der Waals surface area contributed by atoms with Crippen LogP contribution in [0.3, 0.4) is 0 Å². The summed E-state index contributed by atoms with van der Waals surface area (Å²) in [4.78, 5) is 3.88. The van der Waals surface area contributed by atoms with Gasteiger partial charge in [0, 0.05) is 12.3 Å². The normalized spacial score (nSPS) is 25.3. The molecule has 0 aromatic heterocycles. The first-order valence-corrected chi connectivity index (χ1v) is 3.02. The summed E-state index contributed by atoms with van der Waals surface area (Å²) in [6.07, 6.45) is 1.15. The summed E-state index contributed by atoms with van der Waals surface area (Å²) in [6, 6.07) is 0. The van der Waals surface area contributed by atoms with Gasteiger partial charge in [-0.15, -0.1) is 11.8 Å². The average Bonchev–Trinajstić information content (AvgIpc) is 1.69. The minimum Gasteiger partial charge on any atom is -0.286 e.